The van der Waals surface area contributed by atoms with E-state index in [4.69, 9.17) is 4.74 Å². The zero-order valence-electron chi connectivity index (χ0n) is 14.0. The highest BCUT2D eigenvalue weighted by Gasteiger charge is 2.15. The quantitative estimate of drug-likeness (QED) is 0.705. The van der Waals surface area contributed by atoms with E-state index in [2.05, 4.69) is 59.5 Å². The lowest BCUT2D eigenvalue weighted by Gasteiger charge is -2.20. The molecule has 0 bridgehead atoms. The summed E-state index contributed by atoms with van der Waals surface area (Å²) in [7, 11) is 0. The van der Waals surface area contributed by atoms with E-state index in [1.54, 1.807) is 0 Å². The van der Waals surface area contributed by atoms with Crippen LogP contribution in [0.4, 0.5) is 4.79 Å². The summed E-state index contributed by atoms with van der Waals surface area (Å²) in [4.78, 5) is 11.4. The highest BCUT2D eigenvalue weighted by molar-refractivity contribution is 9.10. The molecule has 0 heterocycles. The van der Waals surface area contributed by atoms with E-state index in [1.807, 2.05) is 13.0 Å². The summed E-state index contributed by atoms with van der Waals surface area (Å²) in [6.07, 6.45) is 1.71. The molecule has 1 aromatic carbocycles. The first kappa shape index (κ1) is 18.8. The molecule has 2 amide bonds. The Morgan fingerprint density at radius 3 is 2.50 bits per heavy atom. The zero-order valence-corrected chi connectivity index (χ0v) is 15.5. The Bertz CT molecular complexity index is 484. The van der Waals surface area contributed by atoms with Crippen LogP contribution in [0, 0.1) is 0 Å². The molecular formula is C17H27BrN2O2. The van der Waals surface area contributed by atoms with Crippen molar-refractivity contribution in [2.75, 3.05) is 19.7 Å². The molecular weight excluding hydrogens is 344 g/mol. The van der Waals surface area contributed by atoms with Gasteiger partial charge in [-0.15, -0.1) is 0 Å². The number of nitrogens with one attached hydrogen (secondary N) is 2. The highest BCUT2D eigenvalue weighted by Crippen LogP contribution is 2.31. The van der Waals surface area contributed by atoms with Crippen LogP contribution in [0.2, 0.25) is 0 Å². The van der Waals surface area contributed by atoms with Crippen molar-refractivity contribution in [3.8, 4) is 5.75 Å². The fourth-order valence-electron chi connectivity index (χ4n) is 1.84. The van der Waals surface area contributed by atoms with Gasteiger partial charge in [-0.25, -0.2) is 4.79 Å². The Balaban J connectivity index is 2.32. The second kappa shape index (κ2) is 9.03. The Labute approximate surface area is 142 Å². The summed E-state index contributed by atoms with van der Waals surface area (Å²) in [5, 5.41) is 5.58. The monoisotopic (exact) mass is 370 g/mol. The number of amides is 2. The number of hydrogen-bond donors (Lipinski definition) is 2. The third-order valence-electron chi connectivity index (χ3n) is 3.20. The molecule has 4 nitrogen and oxygen atoms in total. The Hall–Kier alpha value is -1.23. The lowest BCUT2D eigenvalue weighted by atomic mass is 9.87. The minimum absolute atomic E-state index is 0.113. The maximum Gasteiger partial charge on any atom is 0.314 e. The lowest BCUT2D eigenvalue weighted by Crippen LogP contribution is -2.36. The van der Waals surface area contributed by atoms with Crippen LogP contribution in [0.25, 0.3) is 0 Å². The van der Waals surface area contributed by atoms with Crippen molar-refractivity contribution in [1.29, 1.82) is 0 Å². The van der Waals surface area contributed by atoms with E-state index < -0.39 is 0 Å². The number of carbonyl (C=O) groups excluding carboxylic acids is 1. The predicted molar refractivity (Wildman–Crippen MR) is 94.6 cm³/mol. The van der Waals surface area contributed by atoms with Crippen LogP contribution in [0.5, 0.6) is 5.75 Å². The van der Waals surface area contributed by atoms with Crippen LogP contribution >= 0.6 is 15.9 Å². The highest BCUT2D eigenvalue weighted by atomic mass is 79.9. The van der Waals surface area contributed by atoms with E-state index in [1.165, 1.54) is 5.56 Å². The molecule has 0 unspecified atom stereocenters. The summed E-state index contributed by atoms with van der Waals surface area (Å²) >= 11 is 3.56. The SMILES string of the molecule is CCCNC(=O)NCCCOc1ccc(C(C)(C)C)cc1Br. The summed E-state index contributed by atoms with van der Waals surface area (Å²) in [6, 6.07) is 6.08. The number of benzene rings is 1. The first-order valence-corrected chi connectivity index (χ1v) is 8.58. The summed E-state index contributed by atoms with van der Waals surface area (Å²) in [5.41, 5.74) is 1.39. The van der Waals surface area contributed by atoms with Crippen molar-refractivity contribution in [1.82, 2.24) is 10.6 Å². The lowest BCUT2D eigenvalue weighted by molar-refractivity contribution is 0.239. The van der Waals surface area contributed by atoms with Crippen molar-refractivity contribution in [3.63, 3.8) is 0 Å². The van der Waals surface area contributed by atoms with Gasteiger partial charge in [-0.2, -0.15) is 0 Å². The van der Waals surface area contributed by atoms with Gasteiger partial charge in [0.2, 0.25) is 0 Å². The van der Waals surface area contributed by atoms with Crippen molar-refractivity contribution in [3.05, 3.63) is 28.2 Å². The number of ether oxygens (including phenoxy) is 1. The number of halogens is 1. The van der Waals surface area contributed by atoms with Gasteiger partial charge in [-0.1, -0.05) is 33.8 Å². The average Bonchev–Trinajstić information content (AvgIpc) is 2.45. The summed E-state index contributed by atoms with van der Waals surface area (Å²) in [6.45, 7) is 10.5. The fraction of sp³-hybridized carbons (Fsp3) is 0.588. The summed E-state index contributed by atoms with van der Waals surface area (Å²) < 4.78 is 6.72. The number of carbonyl (C=O) groups is 1. The molecule has 0 saturated carbocycles. The van der Waals surface area contributed by atoms with E-state index in [0.717, 1.165) is 23.1 Å². The Morgan fingerprint density at radius 1 is 1.23 bits per heavy atom. The largest absolute Gasteiger partial charge is 0.492 e. The zero-order chi connectivity index (χ0) is 16.6. The molecule has 0 fully saturated rings. The molecule has 0 aliphatic heterocycles. The topological polar surface area (TPSA) is 50.4 Å². The van der Waals surface area contributed by atoms with Crippen molar-refractivity contribution < 1.29 is 9.53 Å². The fourth-order valence-corrected chi connectivity index (χ4v) is 2.33. The third-order valence-corrected chi connectivity index (χ3v) is 3.82. The van der Waals surface area contributed by atoms with Gasteiger partial charge in [0.1, 0.15) is 5.75 Å². The van der Waals surface area contributed by atoms with E-state index >= 15 is 0 Å². The van der Waals surface area contributed by atoms with Gasteiger partial charge in [0.25, 0.3) is 0 Å². The maximum absolute atomic E-state index is 11.4. The standard InChI is InChI=1S/C17H27BrN2O2/c1-5-9-19-16(21)20-10-6-11-22-15-8-7-13(12-14(15)18)17(2,3)4/h7-8,12H,5-6,9-11H2,1-4H3,(H2,19,20,21). The van der Waals surface area contributed by atoms with E-state index in [0.29, 0.717) is 19.7 Å². The van der Waals surface area contributed by atoms with Gasteiger partial charge >= 0.3 is 6.03 Å². The minimum atomic E-state index is -0.113. The first-order valence-electron chi connectivity index (χ1n) is 7.79. The van der Waals surface area contributed by atoms with Crippen molar-refractivity contribution in [2.24, 2.45) is 0 Å². The molecule has 1 aromatic rings. The van der Waals surface area contributed by atoms with Gasteiger partial charge < -0.3 is 15.4 Å². The van der Waals surface area contributed by atoms with Gasteiger partial charge in [-0.05, 0) is 51.9 Å². The molecule has 124 valence electrons. The first-order chi connectivity index (χ1) is 10.3. The Kier molecular flexibility index (Phi) is 7.73. The number of hydrogen-bond acceptors (Lipinski definition) is 2. The predicted octanol–water partition coefficient (Wildman–Crippen LogP) is 4.22. The molecule has 22 heavy (non-hydrogen) atoms. The molecule has 0 spiro atoms. The molecule has 0 aromatic heterocycles. The average molecular weight is 371 g/mol. The molecule has 1 rings (SSSR count). The number of urea groups is 1. The maximum atomic E-state index is 11.4. The second-order valence-corrected chi connectivity index (χ2v) is 7.13. The third kappa shape index (κ3) is 6.69. The molecule has 0 radical (unpaired) electrons. The van der Waals surface area contributed by atoms with Crippen LogP contribution in [0.3, 0.4) is 0 Å². The van der Waals surface area contributed by atoms with Crippen LogP contribution in [0.15, 0.2) is 22.7 Å². The normalized spacial score (nSPS) is 11.1. The van der Waals surface area contributed by atoms with Crippen LogP contribution in [0.1, 0.15) is 46.1 Å². The smallest absolute Gasteiger partial charge is 0.314 e. The molecule has 2 N–H and O–H groups in total. The van der Waals surface area contributed by atoms with E-state index in [9.17, 15) is 4.79 Å². The molecule has 0 saturated heterocycles. The van der Waals surface area contributed by atoms with Crippen LogP contribution < -0.4 is 15.4 Å². The van der Waals surface area contributed by atoms with Crippen LogP contribution in [-0.2, 0) is 5.41 Å². The van der Waals surface area contributed by atoms with Gasteiger partial charge in [0.05, 0.1) is 11.1 Å². The van der Waals surface area contributed by atoms with Crippen molar-refractivity contribution in [2.45, 2.75) is 46.0 Å². The number of rotatable bonds is 7. The molecule has 5 heteroatoms. The summed E-state index contributed by atoms with van der Waals surface area (Å²) in [5.74, 6) is 0.837. The molecule has 0 atom stereocenters. The molecule has 0 aliphatic rings. The van der Waals surface area contributed by atoms with E-state index in [-0.39, 0.29) is 11.4 Å². The van der Waals surface area contributed by atoms with Gasteiger partial charge in [-0.3, -0.25) is 0 Å². The minimum Gasteiger partial charge on any atom is -0.492 e. The van der Waals surface area contributed by atoms with Crippen molar-refractivity contribution >= 4 is 22.0 Å². The van der Waals surface area contributed by atoms with Gasteiger partial charge in [0, 0.05) is 13.1 Å². The molecule has 0 aliphatic carbocycles. The van der Waals surface area contributed by atoms with Gasteiger partial charge in [0.15, 0.2) is 0 Å². The Morgan fingerprint density at radius 2 is 1.91 bits per heavy atom. The second-order valence-electron chi connectivity index (χ2n) is 6.28. The van der Waals surface area contributed by atoms with Crippen LogP contribution in [-0.4, -0.2) is 25.7 Å².